The molecule has 166 valence electrons. The summed E-state index contributed by atoms with van der Waals surface area (Å²) in [5.41, 5.74) is 2.86. The van der Waals surface area contributed by atoms with Crippen molar-refractivity contribution in [3.63, 3.8) is 0 Å². The Morgan fingerprint density at radius 1 is 1.00 bits per heavy atom. The van der Waals surface area contributed by atoms with Crippen LogP contribution in [0.25, 0.3) is 0 Å². The van der Waals surface area contributed by atoms with Crippen LogP contribution in [-0.4, -0.2) is 34.7 Å². The lowest BCUT2D eigenvalue weighted by Gasteiger charge is -2.09. The molecule has 1 aromatic heterocycles. The zero-order chi connectivity index (χ0) is 23.1. The second kappa shape index (κ2) is 10.2. The van der Waals surface area contributed by atoms with Gasteiger partial charge in [-0.15, -0.1) is 0 Å². The lowest BCUT2D eigenvalue weighted by Crippen LogP contribution is -2.37. The Morgan fingerprint density at radius 3 is 2.41 bits per heavy atom. The number of nitrogens with one attached hydrogen (secondary N) is 2. The average Bonchev–Trinajstić information content (AvgIpc) is 3.18. The molecule has 2 aromatic carbocycles. The Balaban J connectivity index is 1.42. The topological polar surface area (TPSA) is 133 Å². The highest BCUT2D eigenvalue weighted by atomic mass is 16.5. The quantitative estimate of drug-likeness (QED) is 0.538. The molecule has 3 amide bonds. The number of ether oxygens (including phenoxy) is 2. The summed E-state index contributed by atoms with van der Waals surface area (Å²) in [7, 11) is 0. The van der Waals surface area contributed by atoms with Gasteiger partial charge in [-0.1, -0.05) is 11.2 Å². The van der Waals surface area contributed by atoms with E-state index in [1.54, 1.807) is 31.2 Å². The molecule has 10 nitrogen and oxygen atoms in total. The summed E-state index contributed by atoms with van der Waals surface area (Å²) in [5.74, 6) is -0.137. The number of aromatic nitrogens is 2. The van der Waals surface area contributed by atoms with E-state index in [1.165, 1.54) is 12.1 Å². The largest absolute Gasteiger partial charge is 0.485 e. The summed E-state index contributed by atoms with van der Waals surface area (Å²) < 4.78 is 15.3. The molecule has 0 aliphatic heterocycles. The third-order valence-corrected chi connectivity index (χ3v) is 4.38. The molecule has 0 aliphatic rings. The van der Waals surface area contributed by atoms with Crippen molar-refractivity contribution in [2.45, 2.75) is 27.4 Å². The van der Waals surface area contributed by atoms with Gasteiger partial charge in [0.1, 0.15) is 5.75 Å². The van der Waals surface area contributed by atoms with Crippen molar-refractivity contribution in [2.75, 3.05) is 11.9 Å². The van der Waals surface area contributed by atoms with Gasteiger partial charge in [-0.2, -0.15) is 4.98 Å². The number of imide groups is 1. The smallest absolute Gasteiger partial charge is 0.338 e. The molecule has 10 heteroatoms. The lowest BCUT2D eigenvalue weighted by molar-refractivity contribution is -0.123. The van der Waals surface area contributed by atoms with Crippen LogP contribution in [0.5, 0.6) is 5.75 Å². The van der Waals surface area contributed by atoms with Crippen molar-refractivity contribution in [2.24, 2.45) is 0 Å². The van der Waals surface area contributed by atoms with Crippen LogP contribution in [0.2, 0.25) is 0 Å². The molecule has 3 rings (SSSR count). The molecule has 0 spiro atoms. The molecule has 0 bridgehead atoms. The Bertz CT molecular complexity index is 1120. The second-order valence-corrected chi connectivity index (χ2v) is 6.92. The molecule has 32 heavy (non-hydrogen) atoms. The van der Waals surface area contributed by atoms with Gasteiger partial charge < -0.3 is 19.3 Å². The number of amides is 3. The summed E-state index contributed by atoms with van der Waals surface area (Å²) in [6.45, 7) is 5.06. The van der Waals surface area contributed by atoms with E-state index >= 15 is 0 Å². The Morgan fingerprint density at radius 2 is 1.75 bits per heavy atom. The fraction of sp³-hybridized carbons (Fsp3) is 0.227. The van der Waals surface area contributed by atoms with E-state index in [9.17, 15) is 14.4 Å². The van der Waals surface area contributed by atoms with Crippen molar-refractivity contribution >= 4 is 23.6 Å². The van der Waals surface area contributed by atoms with Gasteiger partial charge in [0, 0.05) is 12.6 Å². The summed E-state index contributed by atoms with van der Waals surface area (Å²) >= 11 is 0. The van der Waals surface area contributed by atoms with Gasteiger partial charge in [-0.05, 0) is 61.4 Å². The average molecular weight is 438 g/mol. The zero-order valence-electron chi connectivity index (χ0n) is 17.8. The minimum atomic E-state index is -0.755. The highest BCUT2D eigenvalue weighted by molar-refractivity contribution is 6.02. The number of carbonyl (C=O) groups is 3. The van der Waals surface area contributed by atoms with Crippen LogP contribution in [0.3, 0.4) is 0 Å². The molecular weight excluding hydrogens is 416 g/mol. The number of hydrogen-bond donors (Lipinski definition) is 2. The summed E-state index contributed by atoms with van der Waals surface area (Å²) in [6.07, 6.45) is 0. The fourth-order valence-electron chi connectivity index (χ4n) is 2.59. The molecule has 0 unspecified atom stereocenters. The number of benzene rings is 2. The van der Waals surface area contributed by atoms with Crippen molar-refractivity contribution in [1.82, 2.24) is 15.5 Å². The van der Waals surface area contributed by atoms with E-state index in [-0.39, 0.29) is 12.2 Å². The molecule has 1 heterocycles. The van der Waals surface area contributed by atoms with Crippen LogP contribution in [0.1, 0.15) is 33.2 Å². The Hall–Kier alpha value is -4.21. The third kappa shape index (κ3) is 6.39. The minimum absolute atomic E-state index is 0.117. The number of nitrogens with zero attached hydrogens (tertiary/aromatic N) is 2. The summed E-state index contributed by atoms with van der Waals surface area (Å²) in [6, 6.07) is 10.8. The first kappa shape index (κ1) is 22.5. The van der Waals surface area contributed by atoms with Gasteiger partial charge in [0.15, 0.2) is 13.2 Å². The maximum absolute atomic E-state index is 12.1. The normalized spacial score (nSPS) is 10.3. The van der Waals surface area contributed by atoms with E-state index in [1.807, 2.05) is 19.9 Å². The molecule has 0 atom stereocenters. The van der Waals surface area contributed by atoms with Gasteiger partial charge in [0.2, 0.25) is 11.7 Å². The fourth-order valence-corrected chi connectivity index (χ4v) is 2.59. The predicted molar refractivity (Wildman–Crippen MR) is 113 cm³/mol. The highest BCUT2D eigenvalue weighted by Crippen LogP contribution is 2.15. The van der Waals surface area contributed by atoms with Crippen molar-refractivity contribution in [3.05, 3.63) is 70.9 Å². The number of anilines is 1. The van der Waals surface area contributed by atoms with E-state index < -0.39 is 24.5 Å². The van der Waals surface area contributed by atoms with Crippen LogP contribution in [0.4, 0.5) is 10.5 Å². The van der Waals surface area contributed by atoms with Gasteiger partial charge in [-0.25, -0.2) is 9.59 Å². The van der Waals surface area contributed by atoms with Crippen LogP contribution in [-0.2, 0) is 16.1 Å². The molecule has 0 fully saturated rings. The Labute approximate surface area is 183 Å². The first-order valence-corrected chi connectivity index (χ1v) is 9.67. The van der Waals surface area contributed by atoms with Crippen molar-refractivity contribution < 1.29 is 28.4 Å². The first-order chi connectivity index (χ1) is 15.3. The molecule has 2 N–H and O–H groups in total. The van der Waals surface area contributed by atoms with Crippen molar-refractivity contribution in [3.8, 4) is 5.75 Å². The Kier molecular flexibility index (Phi) is 7.17. The van der Waals surface area contributed by atoms with Gasteiger partial charge in [0.05, 0.1) is 5.56 Å². The van der Waals surface area contributed by atoms with Crippen LogP contribution in [0, 0.1) is 20.8 Å². The summed E-state index contributed by atoms with van der Waals surface area (Å²) in [5, 5.41) is 8.38. The van der Waals surface area contributed by atoms with Crippen LogP contribution in [0.15, 0.2) is 47.0 Å². The minimum Gasteiger partial charge on any atom is -0.485 e. The van der Waals surface area contributed by atoms with Gasteiger partial charge in [0.25, 0.3) is 5.91 Å². The third-order valence-electron chi connectivity index (χ3n) is 4.38. The predicted octanol–water partition coefficient (Wildman–Crippen LogP) is 3.08. The number of urea groups is 1. The number of rotatable bonds is 7. The highest BCUT2D eigenvalue weighted by Gasteiger charge is 2.13. The zero-order valence-corrected chi connectivity index (χ0v) is 17.8. The first-order valence-electron chi connectivity index (χ1n) is 9.67. The van der Waals surface area contributed by atoms with E-state index in [0.717, 1.165) is 11.1 Å². The maximum atomic E-state index is 12.1. The number of hydrogen-bond acceptors (Lipinski definition) is 8. The molecular formula is C22H22N4O6. The standard InChI is InChI=1S/C22H22N4O6/c1-13-4-7-17(10-14(13)2)24-22(29)25-20(27)12-31-21(28)16-5-8-18(9-6-16)30-11-19-23-15(3)32-26-19/h4-10H,11-12H2,1-3H3,(H2,24,25,27,29). The van der Waals surface area contributed by atoms with Gasteiger partial charge in [-0.3, -0.25) is 10.1 Å². The van der Waals surface area contributed by atoms with E-state index in [0.29, 0.717) is 23.2 Å². The second-order valence-electron chi connectivity index (χ2n) is 6.92. The maximum Gasteiger partial charge on any atom is 0.338 e. The molecule has 3 aromatic rings. The van der Waals surface area contributed by atoms with Crippen LogP contribution >= 0.6 is 0 Å². The van der Waals surface area contributed by atoms with Crippen LogP contribution < -0.4 is 15.4 Å². The lowest BCUT2D eigenvalue weighted by atomic mass is 10.1. The number of carbonyl (C=O) groups excluding carboxylic acids is 3. The number of esters is 1. The summed E-state index contributed by atoms with van der Waals surface area (Å²) in [4.78, 5) is 39.9. The molecule has 0 saturated heterocycles. The van der Waals surface area contributed by atoms with E-state index in [4.69, 9.17) is 14.0 Å². The molecule has 0 radical (unpaired) electrons. The molecule has 0 saturated carbocycles. The SMILES string of the molecule is Cc1nc(COc2ccc(C(=O)OCC(=O)NC(=O)Nc3ccc(C)c(C)c3)cc2)no1. The van der Waals surface area contributed by atoms with Gasteiger partial charge >= 0.3 is 12.0 Å². The number of aryl methyl sites for hydroxylation is 3. The van der Waals surface area contributed by atoms with E-state index in [2.05, 4.69) is 20.8 Å². The monoisotopic (exact) mass is 438 g/mol. The van der Waals surface area contributed by atoms with Crippen molar-refractivity contribution in [1.29, 1.82) is 0 Å². The molecule has 0 aliphatic carbocycles.